The van der Waals surface area contributed by atoms with Crippen LogP contribution in [0.15, 0.2) is 18.2 Å². The smallest absolute Gasteiger partial charge is 0.408 e. The molecular formula is C17H24FNO3. The van der Waals surface area contributed by atoms with Gasteiger partial charge in [0, 0.05) is 5.56 Å². The molecular weight excluding hydrogens is 285 g/mol. The molecule has 0 saturated carbocycles. The second-order valence-electron chi connectivity index (χ2n) is 6.26. The van der Waals surface area contributed by atoms with Crippen LogP contribution in [0.25, 0.3) is 0 Å². The molecule has 1 atom stereocenters. The summed E-state index contributed by atoms with van der Waals surface area (Å²) in [4.78, 5) is 24.4. The van der Waals surface area contributed by atoms with Crippen LogP contribution in [0.3, 0.4) is 0 Å². The van der Waals surface area contributed by atoms with Gasteiger partial charge in [-0.2, -0.15) is 0 Å². The van der Waals surface area contributed by atoms with Gasteiger partial charge in [-0.25, -0.2) is 9.18 Å². The SMILES string of the molecule is CCC[C@@H](NC(=O)OC(C)(C)C)C(=O)c1cccc(F)c1C. The van der Waals surface area contributed by atoms with Crippen LogP contribution >= 0.6 is 0 Å². The van der Waals surface area contributed by atoms with Gasteiger partial charge in [-0.3, -0.25) is 4.79 Å². The molecule has 0 aliphatic carbocycles. The van der Waals surface area contributed by atoms with Gasteiger partial charge in [0.15, 0.2) is 5.78 Å². The summed E-state index contributed by atoms with van der Waals surface area (Å²) >= 11 is 0. The minimum Gasteiger partial charge on any atom is -0.444 e. The fraction of sp³-hybridized carbons (Fsp3) is 0.529. The van der Waals surface area contributed by atoms with Crippen LogP contribution in [0.4, 0.5) is 9.18 Å². The molecule has 1 aromatic rings. The number of alkyl carbamates (subject to hydrolysis) is 1. The first kappa shape index (κ1) is 18.1. The highest BCUT2D eigenvalue weighted by Gasteiger charge is 2.26. The zero-order chi connectivity index (χ0) is 16.9. The average Bonchev–Trinajstić information content (AvgIpc) is 2.38. The Hall–Kier alpha value is -1.91. The number of halogens is 1. The molecule has 0 aliphatic rings. The minimum absolute atomic E-state index is 0.287. The number of hydrogen-bond acceptors (Lipinski definition) is 3. The summed E-state index contributed by atoms with van der Waals surface area (Å²) in [5, 5.41) is 2.59. The molecule has 5 heteroatoms. The Kier molecular flexibility index (Phi) is 6.09. The van der Waals surface area contributed by atoms with Crippen molar-refractivity contribution in [2.24, 2.45) is 0 Å². The van der Waals surface area contributed by atoms with Crippen LogP contribution in [0, 0.1) is 12.7 Å². The Balaban J connectivity index is 2.93. The van der Waals surface area contributed by atoms with E-state index in [1.807, 2.05) is 6.92 Å². The van der Waals surface area contributed by atoms with Crippen LogP contribution < -0.4 is 5.32 Å². The first-order valence-electron chi connectivity index (χ1n) is 7.44. The molecule has 1 aromatic carbocycles. The first-order chi connectivity index (χ1) is 10.2. The Labute approximate surface area is 131 Å². The zero-order valence-electron chi connectivity index (χ0n) is 13.8. The molecule has 0 bridgehead atoms. The van der Waals surface area contributed by atoms with Gasteiger partial charge in [0.2, 0.25) is 0 Å². The third-order valence-electron chi connectivity index (χ3n) is 3.12. The van der Waals surface area contributed by atoms with Crippen molar-refractivity contribution < 1.29 is 18.7 Å². The van der Waals surface area contributed by atoms with Crippen LogP contribution in [-0.2, 0) is 4.74 Å². The van der Waals surface area contributed by atoms with Gasteiger partial charge in [0.25, 0.3) is 0 Å². The van der Waals surface area contributed by atoms with E-state index < -0.39 is 23.6 Å². The molecule has 0 spiro atoms. The Morgan fingerprint density at radius 1 is 1.32 bits per heavy atom. The molecule has 0 radical (unpaired) electrons. The predicted molar refractivity (Wildman–Crippen MR) is 83.5 cm³/mol. The number of rotatable bonds is 5. The van der Waals surface area contributed by atoms with Crippen molar-refractivity contribution in [2.75, 3.05) is 0 Å². The van der Waals surface area contributed by atoms with E-state index >= 15 is 0 Å². The molecule has 1 amide bonds. The summed E-state index contributed by atoms with van der Waals surface area (Å²) < 4.78 is 18.8. The van der Waals surface area contributed by atoms with E-state index in [1.165, 1.54) is 12.1 Å². The number of ketones is 1. The number of carbonyl (C=O) groups excluding carboxylic acids is 2. The second-order valence-corrected chi connectivity index (χ2v) is 6.26. The van der Waals surface area contributed by atoms with E-state index in [2.05, 4.69) is 5.32 Å². The van der Waals surface area contributed by atoms with E-state index in [1.54, 1.807) is 33.8 Å². The van der Waals surface area contributed by atoms with Gasteiger partial charge in [-0.1, -0.05) is 25.5 Å². The summed E-state index contributed by atoms with van der Waals surface area (Å²) in [5.41, 5.74) is -0.0623. The average molecular weight is 309 g/mol. The lowest BCUT2D eigenvalue weighted by atomic mass is 9.96. The summed E-state index contributed by atoms with van der Waals surface area (Å²) in [6, 6.07) is 3.65. The molecule has 0 saturated heterocycles. The van der Waals surface area contributed by atoms with Crippen LogP contribution in [0.5, 0.6) is 0 Å². The Morgan fingerprint density at radius 3 is 2.50 bits per heavy atom. The Bertz CT molecular complexity index is 549. The van der Waals surface area contributed by atoms with Crippen LogP contribution in [0.2, 0.25) is 0 Å². The fourth-order valence-corrected chi connectivity index (χ4v) is 2.07. The minimum atomic E-state index is -0.722. The number of Topliss-reactive ketones (excluding diaryl/α,β-unsaturated/α-hetero) is 1. The monoisotopic (exact) mass is 309 g/mol. The normalized spacial score (nSPS) is 12.6. The van der Waals surface area contributed by atoms with Crippen molar-refractivity contribution in [1.29, 1.82) is 0 Å². The highest BCUT2D eigenvalue weighted by molar-refractivity contribution is 6.02. The van der Waals surface area contributed by atoms with Crippen molar-refractivity contribution in [2.45, 2.75) is 59.1 Å². The summed E-state index contributed by atoms with van der Waals surface area (Å²) in [7, 11) is 0. The Morgan fingerprint density at radius 2 is 1.95 bits per heavy atom. The molecule has 0 fully saturated rings. The van der Waals surface area contributed by atoms with Gasteiger partial charge in [-0.15, -0.1) is 0 Å². The number of amides is 1. The van der Waals surface area contributed by atoms with Crippen molar-refractivity contribution >= 4 is 11.9 Å². The topological polar surface area (TPSA) is 55.4 Å². The molecule has 1 rings (SSSR count). The second kappa shape index (κ2) is 7.38. The lowest BCUT2D eigenvalue weighted by Gasteiger charge is -2.23. The molecule has 0 unspecified atom stereocenters. The fourth-order valence-electron chi connectivity index (χ4n) is 2.07. The summed E-state index contributed by atoms with van der Waals surface area (Å²) in [6.07, 6.45) is 0.530. The lowest BCUT2D eigenvalue weighted by molar-refractivity contribution is 0.0488. The third-order valence-corrected chi connectivity index (χ3v) is 3.12. The van der Waals surface area contributed by atoms with Gasteiger partial charge < -0.3 is 10.1 Å². The highest BCUT2D eigenvalue weighted by Crippen LogP contribution is 2.16. The number of hydrogen-bond donors (Lipinski definition) is 1. The van der Waals surface area contributed by atoms with Gasteiger partial charge >= 0.3 is 6.09 Å². The van der Waals surface area contributed by atoms with Crippen molar-refractivity contribution in [3.8, 4) is 0 Å². The van der Waals surface area contributed by atoms with Gasteiger partial charge in [0.1, 0.15) is 11.4 Å². The maximum absolute atomic E-state index is 13.6. The van der Waals surface area contributed by atoms with Gasteiger partial charge in [-0.05, 0) is 45.7 Å². The van der Waals surface area contributed by atoms with E-state index in [0.29, 0.717) is 18.4 Å². The predicted octanol–water partition coefficient (Wildman–Crippen LogP) is 4.01. The van der Waals surface area contributed by atoms with E-state index in [9.17, 15) is 14.0 Å². The highest BCUT2D eigenvalue weighted by atomic mass is 19.1. The summed E-state index contributed by atoms with van der Waals surface area (Å²) in [6.45, 7) is 8.72. The van der Waals surface area contributed by atoms with E-state index in [-0.39, 0.29) is 11.3 Å². The number of nitrogens with one attached hydrogen (secondary N) is 1. The molecule has 1 N–H and O–H groups in total. The molecule has 0 aliphatic heterocycles. The van der Waals surface area contributed by atoms with Crippen LogP contribution in [-0.4, -0.2) is 23.5 Å². The van der Waals surface area contributed by atoms with E-state index in [4.69, 9.17) is 4.74 Å². The molecule has 122 valence electrons. The standard InChI is InChI=1S/C17H24FNO3/c1-6-8-14(19-16(21)22-17(3,4)5)15(20)12-9-7-10-13(18)11(12)2/h7,9-10,14H,6,8H2,1-5H3,(H,19,21)/t14-/m1/s1. The lowest BCUT2D eigenvalue weighted by Crippen LogP contribution is -2.43. The maximum Gasteiger partial charge on any atom is 0.408 e. The van der Waals surface area contributed by atoms with Gasteiger partial charge in [0.05, 0.1) is 6.04 Å². The zero-order valence-corrected chi connectivity index (χ0v) is 13.8. The first-order valence-corrected chi connectivity index (χ1v) is 7.44. The van der Waals surface area contributed by atoms with Crippen molar-refractivity contribution in [3.63, 3.8) is 0 Å². The third kappa shape index (κ3) is 5.13. The molecule has 22 heavy (non-hydrogen) atoms. The van der Waals surface area contributed by atoms with E-state index in [0.717, 1.165) is 0 Å². The number of ether oxygens (including phenoxy) is 1. The number of benzene rings is 1. The molecule has 0 aromatic heterocycles. The van der Waals surface area contributed by atoms with Crippen molar-refractivity contribution in [1.82, 2.24) is 5.32 Å². The quantitative estimate of drug-likeness (QED) is 0.836. The molecule has 0 heterocycles. The van der Waals surface area contributed by atoms with Crippen molar-refractivity contribution in [3.05, 3.63) is 35.1 Å². The molecule has 4 nitrogen and oxygen atoms in total. The maximum atomic E-state index is 13.6. The van der Waals surface area contributed by atoms with Crippen LogP contribution in [0.1, 0.15) is 56.5 Å². The summed E-state index contributed by atoms with van der Waals surface area (Å²) in [5.74, 6) is -0.733. The number of carbonyl (C=O) groups is 2. The largest absolute Gasteiger partial charge is 0.444 e.